The van der Waals surface area contributed by atoms with Crippen LogP contribution >= 0.6 is 23.2 Å². The number of nitrogens with one attached hydrogen (secondary N) is 2. The number of aromatic nitrogens is 2. The van der Waals surface area contributed by atoms with Gasteiger partial charge in [0.15, 0.2) is 0 Å². The van der Waals surface area contributed by atoms with Crippen molar-refractivity contribution in [2.45, 2.75) is 13.8 Å². The molecule has 2 aromatic carbocycles. The molecule has 4 nitrogen and oxygen atoms in total. The van der Waals surface area contributed by atoms with Gasteiger partial charge in [-0.2, -0.15) is 0 Å². The lowest BCUT2D eigenvalue weighted by Gasteiger charge is -2.04. The number of imidazole rings is 1. The first-order chi connectivity index (χ1) is 14.5. The molecule has 0 atom stereocenters. The van der Waals surface area contributed by atoms with Crippen molar-refractivity contribution in [2.24, 2.45) is 0 Å². The highest BCUT2D eigenvalue weighted by molar-refractivity contribution is 6.38. The monoisotopic (exact) mass is 439 g/mol. The Morgan fingerprint density at radius 3 is 2.30 bits per heavy atom. The van der Waals surface area contributed by atoms with Gasteiger partial charge in [0.05, 0.1) is 26.3 Å². The third kappa shape index (κ3) is 5.72. The number of carbonyl (C=O) groups is 1. The fourth-order valence-corrected chi connectivity index (χ4v) is 3.14. The Kier molecular flexibility index (Phi) is 8.66. The van der Waals surface area contributed by atoms with Crippen LogP contribution in [0.15, 0.2) is 73.3 Å². The normalized spacial score (nSPS) is 11.5. The van der Waals surface area contributed by atoms with E-state index >= 15 is 0 Å². The number of H-pyrrole nitrogens is 1. The van der Waals surface area contributed by atoms with Crippen LogP contribution in [0.2, 0.25) is 10.0 Å². The molecule has 0 aliphatic carbocycles. The maximum atomic E-state index is 12.4. The fourth-order valence-electron chi connectivity index (χ4n) is 2.56. The molecular weight excluding hydrogens is 417 g/mol. The van der Waals surface area contributed by atoms with E-state index in [-0.39, 0.29) is 11.5 Å². The maximum absolute atomic E-state index is 12.4. The van der Waals surface area contributed by atoms with Gasteiger partial charge in [-0.1, -0.05) is 80.5 Å². The fraction of sp³-hybridized carbons (Fsp3) is 0.0833. The number of para-hydroxylation sites is 1. The van der Waals surface area contributed by atoms with Gasteiger partial charge in [-0.3, -0.25) is 4.79 Å². The van der Waals surface area contributed by atoms with E-state index in [1.54, 1.807) is 48.6 Å². The standard InChI is InChI=1S/C22H17Cl2N3O.C2H6/c1-3-8-18-19(13-14(2)22(28)25-15-9-5-4-6-10-15)27-21(26-18)20-16(23)11-7-12-17(20)24;1-2/h3-13H,1-2H2,(H,25,28)(H,26,27);1-2H3/b18-8+,19-13+;. The number of carbonyl (C=O) groups excluding carboxylic acids is 1. The van der Waals surface area contributed by atoms with Crippen molar-refractivity contribution >= 4 is 46.9 Å². The molecule has 30 heavy (non-hydrogen) atoms. The molecule has 3 rings (SSSR count). The Morgan fingerprint density at radius 1 is 1.07 bits per heavy atom. The summed E-state index contributed by atoms with van der Waals surface area (Å²) < 4.78 is 0. The zero-order valence-electron chi connectivity index (χ0n) is 16.9. The van der Waals surface area contributed by atoms with Gasteiger partial charge in [-0.15, -0.1) is 0 Å². The van der Waals surface area contributed by atoms with Gasteiger partial charge in [0.2, 0.25) is 0 Å². The molecular formula is C24H23Cl2N3O. The molecule has 0 saturated carbocycles. The van der Waals surface area contributed by atoms with E-state index in [1.165, 1.54) is 0 Å². The topological polar surface area (TPSA) is 57.8 Å². The molecule has 0 spiro atoms. The first-order valence-electron chi connectivity index (χ1n) is 9.40. The summed E-state index contributed by atoms with van der Waals surface area (Å²) in [6, 6.07) is 14.4. The van der Waals surface area contributed by atoms with Gasteiger partial charge in [-0.05, 0) is 36.4 Å². The summed E-state index contributed by atoms with van der Waals surface area (Å²) in [6.45, 7) is 11.6. The molecule has 0 bridgehead atoms. The number of aromatic amines is 1. The zero-order valence-corrected chi connectivity index (χ0v) is 18.4. The molecule has 1 heterocycles. The smallest absolute Gasteiger partial charge is 0.255 e. The van der Waals surface area contributed by atoms with Crippen LogP contribution in [0.5, 0.6) is 0 Å². The maximum Gasteiger partial charge on any atom is 0.255 e. The van der Waals surface area contributed by atoms with Crippen LogP contribution in [0.25, 0.3) is 23.5 Å². The van der Waals surface area contributed by atoms with Gasteiger partial charge in [0, 0.05) is 11.3 Å². The van der Waals surface area contributed by atoms with Crippen molar-refractivity contribution in [2.75, 3.05) is 5.32 Å². The molecule has 0 fully saturated rings. The molecule has 1 amide bonds. The number of halogens is 2. The van der Waals surface area contributed by atoms with E-state index in [1.807, 2.05) is 32.0 Å². The minimum Gasteiger partial charge on any atom is -0.338 e. The van der Waals surface area contributed by atoms with Crippen LogP contribution < -0.4 is 16.0 Å². The summed E-state index contributed by atoms with van der Waals surface area (Å²) in [5.74, 6) is 0.175. The minimum absolute atomic E-state index is 0.267. The van der Waals surface area contributed by atoms with Gasteiger partial charge in [-0.25, -0.2) is 4.98 Å². The number of nitrogens with zero attached hydrogens (tertiary/aromatic N) is 1. The van der Waals surface area contributed by atoms with Crippen LogP contribution in [-0.4, -0.2) is 15.9 Å². The first-order valence-corrected chi connectivity index (χ1v) is 10.2. The van der Waals surface area contributed by atoms with Crippen molar-refractivity contribution < 1.29 is 4.79 Å². The van der Waals surface area contributed by atoms with E-state index in [9.17, 15) is 4.79 Å². The number of allylic oxidation sites excluding steroid dienone is 1. The summed E-state index contributed by atoms with van der Waals surface area (Å²) in [5.41, 5.74) is 1.54. The quantitative estimate of drug-likeness (QED) is 0.526. The Labute approximate surface area is 186 Å². The average Bonchev–Trinajstić information content (AvgIpc) is 3.12. The second-order valence-corrected chi connectivity index (χ2v) is 6.69. The van der Waals surface area contributed by atoms with Crippen molar-refractivity contribution in [1.82, 2.24) is 9.97 Å². The highest BCUT2D eigenvalue weighted by Gasteiger charge is 2.12. The summed E-state index contributed by atoms with van der Waals surface area (Å²) in [7, 11) is 0. The van der Waals surface area contributed by atoms with Gasteiger partial charge in [0.1, 0.15) is 5.82 Å². The molecule has 6 heteroatoms. The van der Waals surface area contributed by atoms with Crippen molar-refractivity contribution in [3.8, 4) is 11.4 Å². The highest BCUT2D eigenvalue weighted by Crippen LogP contribution is 2.31. The SMILES string of the molecule is C=C/C=c1/nc(-c2c(Cl)cccc2Cl)[nH]/c1=C/C(=C)C(=O)Nc1ccccc1.CC. The lowest BCUT2D eigenvalue weighted by atomic mass is 10.2. The number of rotatable bonds is 5. The highest BCUT2D eigenvalue weighted by atomic mass is 35.5. The Balaban J connectivity index is 0.00000155. The van der Waals surface area contributed by atoms with Crippen LogP contribution in [-0.2, 0) is 4.79 Å². The van der Waals surface area contributed by atoms with E-state index in [4.69, 9.17) is 23.2 Å². The molecule has 0 saturated heterocycles. The molecule has 0 aliphatic rings. The van der Waals surface area contributed by atoms with Crippen molar-refractivity contribution in [3.05, 3.63) is 94.1 Å². The number of hydrogen-bond donors (Lipinski definition) is 2. The summed E-state index contributed by atoms with van der Waals surface area (Å²) in [4.78, 5) is 20.1. The number of anilines is 1. The number of amides is 1. The zero-order chi connectivity index (χ0) is 22.1. The van der Waals surface area contributed by atoms with E-state index in [2.05, 4.69) is 28.4 Å². The van der Waals surface area contributed by atoms with E-state index in [0.29, 0.717) is 37.8 Å². The molecule has 154 valence electrons. The van der Waals surface area contributed by atoms with Gasteiger partial charge >= 0.3 is 0 Å². The van der Waals surface area contributed by atoms with E-state index < -0.39 is 0 Å². The molecule has 0 aliphatic heterocycles. The van der Waals surface area contributed by atoms with Crippen LogP contribution in [0.1, 0.15) is 13.8 Å². The largest absolute Gasteiger partial charge is 0.338 e. The number of hydrogen-bond acceptors (Lipinski definition) is 2. The van der Waals surface area contributed by atoms with Gasteiger partial charge < -0.3 is 10.3 Å². The molecule has 3 aromatic rings. The minimum atomic E-state index is -0.317. The Morgan fingerprint density at radius 2 is 1.70 bits per heavy atom. The van der Waals surface area contributed by atoms with E-state index in [0.717, 1.165) is 0 Å². The molecule has 0 unspecified atom stereocenters. The number of benzene rings is 2. The first kappa shape index (κ1) is 23.2. The van der Waals surface area contributed by atoms with Crippen LogP contribution in [0, 0.1) is 0 Å². The summed E-state index contributed by atoms with van der Waals surface area (Å²) >= 11 is 12.6. The van der Waals surface area contributed by atoms with Gasteiger partial charge in [0.25, 0.3) is 5.91 Å². The third-order valence-electron chi connectivity index (χ3n) is 3.88. The molecule has 0 radical (unpaired) electrons. The second-order valence-electron chi connectivity index (χ2n) is 5.87. The Hall–Kier alpha value is -3.08. The second kappa shape index (κ2) is 11.2. The lowest BCUT2D eigenvalue weighted by Crippen LogP contribution is -2.25. The lowest BCUT2D eigenvalue weighted by molar-refractivity contribution is -0.112. The Bertz CT molecular complexity index is 1140. The van der Waals surface area contributed by atoms with Crippen molar-refractivity contribution in [3.63, 3.8) is 0 Å². The predicted molar refractivity (Wildman–Crippen MR) is 128 cm³/mol. The predicted octanol–water partition coefficient (Wildman–Crippen LogP) is 5.35. The van der Waals surface area contributed by atoms with Crippen LogP contribution in [0.3, 0.4) is 0 Å². The van der Waals surface area contributed by atoms with Crippen molar-refractivity contribution in [1.29, 1.82) is 0 Å². The van der Waals surface area contributed by atoms with Crippen LogP contribution in [0.4, 0.5) is 5.69 Å². The average molecular weight is 440 g/mol. The third-order valence-corrected chi connectivity index (χ3v) is 4.51. The molecule has 1 aromatic heterocycles. The summed E-state index contributed by atoms with van der Waals surface area (Å²) in [5, 5.41) is 4.92. The molecule has 2 N–H and O–H groups in total. The summed E-state index contributed by atoms with van der Waals surface area (Å²) in [6.07, 6.45) is 4.95.